The van der Waals surface area contributed by atoms with Gasteiger partial charge in [0.05, 0.1) is 9.75 Å². The molecule has 58 valence electrons. The fourth-order valence-electron chi connectivity index (χ4n) is 0.627. The smallest absolute Gasteiger partial charge is 0.133 e. The third kappa shape index (κ3) is 1.56. The number of amidine groups is 2. The summed E-state index contributed by atoms with van der Waals surface area (Å²) >= 11 is 1.25. The Hall–Kier alpha value is -1.36. The van der Waals surface area contributed by atoms with E-state index in [1.165, 1.54) is 11.3 Å². The highest BCUT2D eigenvalue weighted by Gasteiger charge is 2.03. The van der Waals surface area contributed by atoms with Gasteiger partial charge in [-0.1, -0.05) is 0 Å². The summed E-state index contributed by atoms with van der Waals surface area (Å²) in [6.45, 7) is 0. The number of nitrogens with one attached hydrogen (secondary N) is 2. The van der Waals surface area contributed by atoms with Gasteiger partial charge in [-0.05, 0) is 12.1 Å². The molecule has 0 spiro atoms. The fourth-order valence-corrected chi connectivity index (χ4v) is 1.36. The van der Waals surface area contributed by atoms with E-state index in [4.69, 9.17) is 22.3 Å². The summed E-state index contributed by atoms with van der Waals surface area (Å²) in [7, 11) is 0. The van der Waals surface area contributed by atoms with Crippen LogP contribution in [-0.4, -0.2) is 11.7 Å². The van der Waals surface area contributed by atoms with Gasteiger partial charge in [-0.25, -0.2) is 0 Å². The Bertz CT molecular complexity index is 273. The molecule has 0 radical (unpaired) electrons. The number of hydrogen-bond acceptors (Lipinski definition) is 3. The normalized spacial score (nSPS) is 9.45. The van der Waals surface area contributed by atoms with E-state index in [1.54, 1.807) is 12.1 Å². The van der Waals surface area contributed by atoms with Crippen molar-refractivity contribution in [1.82, 2.24) is 0 Å². The summed E-state index contributed by atoms with van der Waals surface area (Å²) in [5.41, 5.74) is 10.4. The maximum absolute atomic E-state index is 7.07. The van der Waals surface area contributed by atoms with Gasteiger partial charge in [0.2, 0.25) is 0 Å². The molecule has 0 aliphatic rings. The van der Waals surface area contributed by atoms with Gasteiger partial charge in [0.15, 0.2) is 0 Å². The summed E-state index contributed by atoms with van der Waals surface area (Å²) in [6.07, 6.45) is 0. The highest BCUT2D eigenvalue weighted by molar-refractivity contribution is 7.16. The Labute approximate surface area is 67.9 Å². The lowest BCUT2D eigenvalue weighted by atomic mass is 10.4. The summed E-state index contributed by atoms with van der Waals surface area (Å²) < 4.78 is 0. The Kier molecular flexibility index (Phi) is 1.91. The molecule has 0 amide bonds. The van der Waals surface area contributed by atoms with E-state index >= 15 is 0 Å². The van der Waals surface area contributed by atoms with E-state index < -0.39 is 0 Å². The van der Waals surface area contributed by atoms with Crippen molar-refractivity contribution in [2.45, 2.75) is 0 Å². The third-order valence-corrected chi connectivity index (χ3v) is 2.29. The van der Waals surface area contributed by atoms with Crippen molar-refractivity contribution in [1.29, 1.82) is 10.8 Å². The van der Waals surface area contributed by atoms with Crippen LogP contribution in [0.25, 0.3) is 0 Å². The van der Waals surface area contributed by atoms with Crippen LogP contribution in [0, 0.1) is 10.8 Å². The minimum atomic E-state index is 0.0162. The van der Waals surface area contributed by atoms with Crippen molar-refractivity contribution in [2.24, 2.45) is 11.5 Å². The Morgan fingerprint density at radius 3 is 1.64 bits per heavy atom. The predicted molar refractivity (Wildman–Crippen MR) is 46.4 cm³/mol. The van der Waals surface area contributed by atoms with Gasteiger partial charge >= 0.3 is 0 Å². The first kappa shape index (κ1) is 7.74. The molecule has 0 aliphatic heterocycles. The molecule has 0 atom stereocenters. The zero-order valence-electron chi connectivity index (χ0n) is 5.72. The first-order chi connectivity index (χ1) is 5.11. The van der Waals surface area contributed by atoms with Gasteiger partial charge in [0, 0.05) is 0 Å². The highest BCUT2D eigenvalue weighted by Crippen LogP contribution is 2.14. The maximum Gasteiger partial charge on any atom is 0.133 e. The lowest BCUT2D eigenvalue weighted by molar-refractivity contribution is 1.45. The average Bonchev–Trinajstić information content (AvgIpc) is 2.33. The molecule has 1 aromatic rings. The van der Waals surface area contributed by atoms with E-state index in [0.29, 0.717) is 9.75 Å². The lowest BCUT2D eigenvalue weighted by Gasteiger charge is -1.89. The Morgan fingerprint density at radius 1 is 1.09 bits per heavy atom. The third-order valence-electron chi connectivity index (χ3n) is 1.14. The van der Waals surface area contributed by atoms with Crippen molar-refractivity contribution >= 4 is 23.0 Å². The van der Waals surface area contributed by atoms with E-state index in [0.717, 1.165) is 0 Å². The number of hydrogen-bond donors (Lipinski definition) is 4. The van der Waals surface area contributed by atoms with Crippen molar-refractivity contribution in [2.75, 3.05) is 0 Å². The van der Waals surface area contributed by atoms with Crippen LogP contribution in [0.15, 0.2) is 12.1 Å². The molecule has 1 aromatic heterocycles. The van der Waals surface area contributed by atoms with Crippen LogP contribution in [0.3, 0.4) is 0 Å². The molecular weight excluding hydrogens is 160 g/mol. The summed E-state index contributed by atoms with van der Waals surface area (Å²) in [5, 5.41) is 14.1. The SMILES string of the molecule is N=C(N)c1ccc(C(=N)N)s1. The molecule has 0 fully saturated rings. The van der Waals surface area contributed by atoms with Crippen molar-refractivity contribution in [3.8, 4) is 0 Å². The number of thiophene rings is 1. The monoisotopic (exact) mass is 168 g/mol. The van der Waals surface area contributed by atoms with Crippen LogP contribution < -0.4 is 11.5 Å². The molecule has 1 rings (SSSR count). The predicted octanol–water partition coefficient (Wildman–Crippen LogP) is 0.316. The number of rotatable bonds is 2. The van der Waals surface area contributed by atoms with Crippen LogP contribution in [0.5, 0.6) is 0 Å². The number of nitrogens with two attached hydrogens (primary N) is 2. The molecule has 4 nitrogen and oxygen atoms in total. The summed E-state index contributed by atoms with van der Waals surface area (Å²) in [6, 6.07) is 3.37. The van der Waals surface area contributed by atoms with E-state index in [1.807, 2.05) is 0 Å². The molecule has 0 aliphatic carbocycles. The second-order valence-corrected chi connectivity index (χ2v) is 3.08. The number of nitrogen functional groups attached to an aromatic ring is 2. The van der Waals surface area contributed by atoms with Gasteiger partial charge in [0.1, 0.15) is 11.7 Å². The van der Waals surface area contributed by atoms with Crippen LogP contribution in [0.2, 0.25) is 0 Å². The zero-order chi connectivity index (χ0) is 8.43. The molecule has 6 N–H and O–H groups in total. The Morgan fingerprint density at radius 2 is 1.45 bits per heavy atom. The summed E-state index contributed by atoms with van der Waals surface area (Å²) in [5.74, 6) is 0.0324. The van der Waals surface area contributed by atoms with Crippen molar-refractivity contribution in [3.63, 3.8) is 0 Å². The van der Waals surface area contributed by atoms with Crippen molar-refractivity contribution in [3.05, 3.63) is 21.9 Å². The Balaban J connectivity index is 2.99. The van der Waals surface area contributed by atoms with Gasteiger partial charge in [-0.15, -0.1) is 11.3 Å². The lowest BCUT2D eigenvalue weighted by Crippen LogP contribution is -2.09. The quantitative estimate of drug-likeness (QED) is 0.377. The molecule has 1 heterocycles. The molecule has 5 heteroatoms. The summed E-state index contributed by atoms with van der Waals surface area (Å²) in [4.78, 5) is 1.30. The molecule has 0 aromatic carbocycles. The van der Waals surface area contributed by atoms with Gasteiger partial charge in [-0.3, -0.25) is 10.8 Å². The molecule has 0 bridgehead atoms. The minimum absolute atomic E-state index is 0.0162. The van der Waals surface area contributed by atoms with Crippen LogP contribution in [0.1, 0.15) is 9.75 Å². The minimum Gasteiger partial charge on any atom is -0.383 e. The van der Waals surface area contributed by atoms with Gasteiger partial charge in [0.25, 0.3) is 0 Å². The second-order valence-electron chi connectivity index (χ2n) is 1.99. The average molecular weight is 168 g/mol. The first-order valence-corrected chi connectivity index (χ1v) is 3.71. The van der Waals surface area contributed by atoms with Gasteiger partial charge < -0.3 is 11.5 Å². The molecule has 11 heavy (non-hydrogen) atoms. The topological polar surface area (TPSA) is 99.7 Å². The van der Waals surface area contributed by atoms with Gasteiger partial charge in [-0.2, -0.15) is 0 Å². The van der Waals surface area contributed by atoms with E-state index in [-0.39, 0.29) is 11.7 Å². The molecule has 0 unspecified atom stereocenters. The van der Waals surface area contributed by atoms with E-state index in [2.05, 4.69) is 0 Å². The molecular formula is C6H8N4S. The first-order valence-electron chi connectivity index (χ1n) is 2.90. The highest BCUT2D eigenvalue weighted by atomic mass is 32.1. The zero-order valence-corrected chi connectivity index (χ0v) is 6.53. The fraction of sp³-hybridized carbons (Fsp3) is 0. The maximum atomic E-state index is 7.07. The standard InChI is InChI=1S/C6H8N4S/c7-5(8)3-1-2-4(11-3)6(9)10/h1-2H,(H3,7,8)(H3,9,10). The van der Waals surface area contributed by atoms with Crippen molar-refractivity contribution < 1.29 is 0 Å². The molecule has 0 saturated carbocycles. The van der Waals surface area contributed by atoms with Crippen LogP contribution in [-0.2, 0) is 0 Å². The van der Waals surface area contributed by atoms with E-state index in [9.17, 15) is 0 Å². The molecule has 0 saturated heterocycles. The van der Waals surface area contributed by atoms with Crippen LogP contribution >= 0.6 is 11.3 Å². The second kappa shape index (κ2) is 2.71. The largest absolute Gasteiger partial charge is 0.383 e. The van der Waals surface area contributed by atoms with Crippen LogP contribution in [0.4, 0.5) is 0 Å².